The molecule has 0 aliphatic carbocycles. The van der Waals surface area contributed by atoms with Crippen LogP contribution in [0.2, 0.25) is 0 Å². The Morgan fingerprint density at radius 2 is 1.68 bits per heavy atom. The van der Waals surface area contributed by atoms with E-state index in [1.807, 2.05) is 48.5 Å². The van der Waals surface area contributed by atoms with Gasteiger partial charge in [0.2, 0.25) is 5.91 Å². The Bertz CT molecular complexity index is 775. The molecule has 0 spiro atoms. The smallest absolute Gasteiger partial charge is 0.238 e. The average Bonchev–Trinajstić information content (AvgIpc) is 2.68. The molecule has 150 valence electrons. The zero-order chi connectivity index (χ0) is 20.1. The van der Waals surface area contributed by atoms with E-state index in [9.17, 15) is 9.90 Å². The fourth-order valence-electron chi connectivity index (χ4n) is 3.99. The van der Waals surface area contributed by atoms with Gasteiger partial charge in [0, 0.05) is 5.69 Å². The summed E-state index contributed by atoms with van der Waals surface area (Å²) in [5, 5.41) is 13.7. The number of amides is 1. The summed E-state index contributed by atoms with van der Waals surface area (Å²) in [6.45, 7) is 8.53. The predicted molar refractivity (Wildman–Crippen MR) is 114 cm³/mol. The highest BCUT2D eigenvalue weighted by molar-refractivity contribution is 5.93. The summed E-state index contributed by atoms with van der Waals surface area (Å²) in [6, 6.07) is 17.9. The van der Waals surface area contributed by atoms with E-state index in [-0.39, 0.29) is 17.2 Å². The summed E-state index contributed by atoms with van der Waals surface area (Å²) >= 11 is 0. The lowest BCUT2D eigenvalue weighted by atomic mass is 9.86. The number of likely N-dealkylation sites (tertiary alicyclic amines) is 1. The standard InChI is InChI=1S/C24H32N2O2/c1-24(2,3)20-11-7-8-12-21(20)25-22(27)17-26-15-13-19(14-16-26)23(28)18-9-5-4-6-10-18/h4-12,19,23,28H,13-17H2,1-3H3,(H,25,27). The number of hydrogen-bond acceptors (Lipinski definition) is 3. The van der Waals surface area contributed by atoms with Crippen LogP contribution in [0.15, 0.2) is 54.6 Å². The molecule has 3 rings (SSSR count). The second-order valence-electron chi connectivity index (χ2n) is 8.81. The van der Waals surface area contributed by atoms with Crippen LogP contribution in [0.1, 0.15) is 50.8 Å². The van der Waals surface area contributed by atoms with Crippen LogP contribution in [0.25, 0.3) is 0 Å². The highest BCUT2D eigenvalue weighted by Gasteiger charge is 2.27. The van der Waals surface area contributed by atoms with Crippen molar-refractivity contribution in [1.29, 1.82) is 0 Å². The lowest BCUT2D eigenvalue weighted by Gasteiger charge is -2.34. The highest BCUT2D eigenvalue weighted by atomic mass is 16.3. The first kappa shape index (κ1) is 20.6. The quantitative estimate of drug-likeness (QED) is 0.810. The number of rotatable bonds is 5. The van der Waals surface area contributed by atoms with Gasteiger partial charge in [-0.05, 0) is 54.5 Å². The molecule has 0 bridgehead atoms. The van der Waals surface area contributed by atoms with Crippen molar-refractivity contribution in [1.82, 2.24) is 4.90 Å². The second-order valence-corrected chi connectivity index (χ2v) is 8.81. The Balaban J connectivity index is 1.52. The van der Waals surface area contributed by atoms with E-state index in [1.54, 1.807) is 0 Å². The Hall–Kier alpha value is -2.17. The zero-order valence-electron chi connectivity index (χ0n) is 17.2. The van der Waals surface area contributed by atoms with Gasteiger partial charge in [-0.25, -0.2) is 0 Å². The zero-order valence-corrected chi connectivity index (χ0v) is 17.2. The minimum absolute atomic E-state index is 0.0181. The van der Waals surface area contributed by atoms with E-state index in [1.165, 1.54) is 0 Å². The number of carbonyl (C=O) groups excluding carboxylic acids is 1. The summed E-state index contributed by atoms with van der Waals surface area (Å²) in [6.07, 6.45) is 1.39. The number of carbonyl (C=O) groups is 1. The molecule has 1 fully saturated rings. The Morgan fingerprint density at radius 1 is 1.07 bits per heavy atom. The molecule has 1 saturated heterocycles. The largest absolute Gasteiger partial charge is 0.388 e. The average molecular weight is 381 g/mol. The Labute approximate surface area is 168 Å². The molecular weight excluding hydrogens is 348 g/mol. The van der Waals surface area contributed by atoms with Crippen molar-refractivity contribution in [2.45, 2.75) is 45.1 Å². The van der Waals surface area contributed by atoms with Crippen molar-refractivity contribution in [3.63, 3.8) is 0 Å². The number of para-hydroxylation sites is 1. The van der Waals surface area contributed by atoms with Crippen LogP contribution >= 0.6 is 0 Å². The minimum atomic E-state index is -0.421. The summed E-state index contributed by atoms with van der Waals surface area (Å²) in [5.74, 6) is 0.280. The van der Waals surface area contributed by atoms with Gasteiger partial charge in [0.15, 0.2) is 0 Å². The molecule has 4 nitrogen and oxygen atoms in total. The van der Waals surface area contributed by atoms with Gasteiger partial charge >= 0.3 is 0 Å². The van der Waals surface area contributed by atoms with Gasteiger partial charge < -0.3 is 10.4 Å². The van der Waals surface area contributed by atoms with Gasteiger partial charge in [-0.2, -0.15) is 0 Å². The maximum absolute atomic E-state index is 12.6. The number of nitrogens with zero attached hydrogens (tertiary/aromatic N) is 1. The number of hydrogen-bond donors (Lipinski definition) is 2. The number of aliphatic hydroxyl groups excluding tert-OH is 1. The van der Waals surface area contributed by atoms with Crippen LogP contribution in [0.3, 0.4) is 0 Å². The molecule has 2 aromatic carbocycles. The summed E-state index contributed by atoms with van der Waals surface area (Å²) < 4.78 is 0. The summed E-state index contributed by atoms with van der Waals surface area (Å²) in [7, 11) is 0. The molecule has 0 radical (unpaired) electrons. The van der Waals surface area contributed by atoms with Gasteiger partial charge in [0.25, 0.3) is 0 Å². The van der Waals surface area contributed by atoms with Gasteiger partial charge in [0.05, 0.1) is 12.6 Å². The SMILES string of the molecule is CC(C)(C)c1ccccc1NC(=O)CN1CCC(C(O)c2ccccc2)CC1. The molecule has 2 aromatic rings. The van der Waals surface area contributed by atoms with Crippen LogP contribution in [0.5, 0.6) is 0 Å². The molecule has 28 heavy (non-hydrogen) atoms. The first-order chi connectivity index (χ1) is 13.3. The van der Waals surface area contributed by atoms with Crippen molar-refractivity contribution in [2.24, 2.45) is 5.92 Å². The molecule has 1 heterocycles. The van der Waals surface area contributed by atoms with Crippen LogP contribution in [0, 0.1) is 5.92 Å². The van der Waals surface area contributed by atoms with Crippen molar-refractivity contribution in [2.75, 3.05) is 25.0 Å². The summed E-state index contributed by atoms with van der Waals surface area (Å²) in [5.41, 5.74) is 3.01. The Morgan fingerprint density at radius 3 is 2.32 bits per heavy atom. The van der Waals surface area contributed by atoms with E-state index in [2.05, 4.69) is 37.1 Å². The molecule has 0 saturated carbocycles. The maximum atomic E-state index is 12.6. The topological polar surface area (TPSA) is 52.6 Å². The van der Waals surface area contributed by atoms with E-state index < -0.39 is 6.10 Å². The number of benzene rings is 2. The molecule has 1 aliphatic rings. The maximum Gasteiger partial charge on any atom is 0.238 e. The second kappa shape index (κ2) is 8.89. The van der Waals surface area contributed by atoms with Crippen LogP contribution < -0.4 is 5.32 Å². The van der Waals surface area contributed by atoms with E-state index in [0.29, 0.717) is 6.54 Å². The molecular formula is C24H32N2O2. The number of nitrogens with one attached hydrogen (secondary N) is 1. The lowest BCUT2D eigenvalue weighted by molar-refractivity contribution is -0.117. The molecule has 4 heteroatoms. The number of anilines is 1. The van der Waals surface area contributed by atoms with Crippen molar-refractivity contribution in [3.8, 4) is 0 Å². The first-order valence-corrected chi connectivity index (χ1v) is 10.2. The van der Waals surface area contributed by atoms with E-state index >= 15 is 0 Å². The molecule has 1 aliphatic heterocycles. The third-order valence-corrected chi connectivity index (χ3v) is 5.60. The van der Waals surface area contributed by atoms with Crippen molar-refractivity contribution < 1.29 is 9.90 Å². The minimum Gasteiger partial charge on any atom is -0.388 e. The van der Waals surface area contributed by atoms with Gasteiger partial charge in [0.1, 0.15) is 0 Å². The molecule has 1 amide bonds. The van der Waals surface area contributed by atoms with E-state index in [0.717, 1.165) is 42.7 Å². The van der Waals surface area contributed by atoms with Crippen LogP contribution in [-0.2, 0) is 10.2 Å². The molecule has 0 aromatic heterocycles. The summed E-state index contributed by atoms with van der Waals surface area (Å²) in [4.78, 5) is 14.8. The van der Waals surface area contributed by atoms with Gasteiger partial charge in [-0.15, -0.1) is 0 Å². The first-order valence-electron chi connectivity index (χ1n) is 10.2. The van der Waals surface area contributed by atoms with Crippen molar-refractivity contribution >= 4 is 11.6 Å². The van der Waals surface area contributed by atoms with Crippen molar-refractivity contribution in [3.05, 3.63) is 65.7 Å². The lowest BCUT2D eigenvalue weighted by Crippen LogP contribution is -2.40. The number of aliphatic hydroxyl groups is 1. The third-order valence-electron chi connectivity index (χ3n) is 5.60. The van der Waals surface area contributed by atoms with Gasteiger partial charge in [-0.3, -0.25) is 9.69 Å². The highest BCUT2D eigenvalue weighted by Crippen LogP contribution is 2.31. The van der Waals surface area contributed by atoms with Crippen LogP contribution in [0.4, 0.5) is 5.69 Å². The molecule has 1 atom stereocenters. The normalized spacial score (nSPS) is 17.3. The van der Waals surface area contributed by atoms with Gasteiger partial charge in [-0.1, -0.05) is 69.3 Å². The van der Waals surface area contributed by atoms with E-state index in [4.69, 9.17) is 0 Å². The fraction of sp³-hybridized carbons (Fsp3) is 0.458. The number of piperidine rings is 1. The molecule has 1 unspecified atom stereocenters. The third kappa shape index (κ3) is 5.21. The Kier molecular flexibility index (Phi) is 6.53. The monoisotopic (exact) mass is 380 g/mol. The predicted octanol–water partition coefficient (Wildman–Crippen LogP) is 4.37. The fourth-order valence-corrected chi connectivity index (χ4v) is 3.99. The van der Waals surface area contributed by atoms with Crippen LogP contribution in [-0.4, -0.2) is 35.5 Å². The molecule has 2 N–H and O–H groups in total.